The van der Waals surface area contributed by atoms with Gasteiger partial charge in [-0.25, -0.2) is 0 Å². The summed E-state index contributed by atoms with van der Waals surface area (Å²) in [6.45, 7) is 10.3. The maximum atomic E-state index is 10.3. The SMILES string of the molecule is CC(C)[C@@](C#N)(CC[C@H](O)C(C)(C)C)c1ccccc1. The molecule has 0 unspecified atom stereocenters. The molecule has 0 aliphatic rings. The first-order chi connectivity index (χ1) is 9.24. The topological polar surface area (TPSA) is 44.0 Å². The second-order valence-corrected chi connectivity index (χ2v) is 7.02. The molecule has 0 aliphatic carbocycles. The van der Waals surface area contributed by atoms with Gasteiger partial charge in [-0.15, -0.1) is 0 Å². The maximum Gasteiger partial charge on any atom is 0.0846 e. The van der Waals surface area contributed by atoms with Gasteiger partial charge in [0.1, 0.15) is 0 Å². The lowest BCUT2D eigenvalue weighted by molar-refractivity contribution is 0.0480. The van der Waals surface area contributed by atoms with E-state index in [1.165, 1.54) is 0 Å². The zero-order chi connectivity index (χ0) is 15.4. The van der Waals surface area contributed by atoms with Crippen molar-refractivity contribution in [2.45, 2.75) is 59.0 Å². The van der Waals surface area contributed by atoms with Crippen molar-refractivity contribution in [3.63, 3.8) is 0 Å². The fraction of sp³-hybridized carbons (Fsp3) is 0.611. The first-order valence-electron chi connectivity index (χ1n) is 7.39. The largest absolute Gasteiger partial charge is 0.393 e. The molecule has 2 nitrogen and oxygen atoms in total. The van der Waals surface area contributed by atoms with Crippen molar-refractivity contribution in [1.82, 2.24) is 0 Å². The van der Waals surface area contributed by atoms with E-state index in [-0.39, 0.29) is 11.3 Å². The van der Waals surface area contributed by atoms with Gasteiger partial charge in [-0.05, 0) is 29.7 Å². The quantitative estimate of drug-likeness (QED) is 0.869. The fourth-order valence-corrected chi connectivity index (χ4v) is 2.55. The van der Waals surface area contributed by atoms with E-state index in [2.05, 4.69) is 19.9 Å². The Bertz CT molecular complexity index is 453. The molecule has 0 aliphatic heterocycles. The first kappa shape index (κ1) is 16.7. The Morgan fingerprint density at radius 1 is 1.15 bits per heavy atom. The number of nitriles is 1. The average molecular weight is 273 g/mol. The van der Waals surface area contributed by atoms with Gasteiger partial charge in [-0.1, -0.05) is 65.0 Å². The number of hydrogen-bond donors (Lipinski definition) is 1. The van der Waals surface area contributed by atoms with E-state index >= 15 is 0 Å². The summed E-state index contributed by atoms with van der Waals surface area (Å²) in [6, 6.07) is 12.5. The summed E-state index contributed by atoms with van der Waals surface area (Å²) in [4.78, 5) is 0. The van der Waals surface area contributed by atoms with Crippen LogP contribution in [-0.4, -0.2) is 11.2 Å². The van der Waals surface area contributed by atoms with E-state index in [0.29, 0.717) is 12.8 Å². The van der Waals surface area contributed by atoms with E-state index in [1.807, 2.05) is 51.1 Å². The van der Waals surface area contributed by atoms with Gasteiger partial charge in [0.2, 0.25) is 0 Å². The molecule has 20 heavy (non-hydrogen) atoms. The van der Waals surface area contributed by atoms with Gasteiger partial charge in [-0.2, -0.15) is 5.26 Å². The molecule has 0 saturated carbocycles. The lowest BCUT2D eigenvalue weighted by Gasteiger charge is -2.34. The molecule has 0 spiro atoms. The van der Waals surface area contributed by atoms with Crippen LogP contribution in [0.25, 0.3) is 0 Å². The third kappa shape index (κ3) is 3.61. The van der Waals surface area contributed by atoms with Crippen LogP contribution in [0.5, 0.6) is 0 Å². The molecule has 0 saturated heterocycles. The summed E-state index contributed by atoms with van der Waals surface area (Å²) in [6.07, 6.45) is 0.936. The molecule has 0 amide bonds. The molecule has 2 atom stereocenters. The fourth-order valence-electron chi connectivity index (χ4n) is 2.55. The highest BCUT2D eigenvalue weighted by Gasteiger charge is 2.37. The average Bonchev–Trinajstić information content (AvgIpc) is 2.39. The van der Waals surface area contributed by atoms with Crippen molar-refractivity contribution >= 4 is 0 Å². The summed E-state index contributed by atoms with van der Waals surface area (Å²) in [5.74, 6) is 0.210. The molecule has 0 aromatic heterocycles. The Kier molecular flexibility index (Phi) is 5.36. The zero-order valence-corrected chi connectivity index (χ0v) is 13.4. The Hall–Kier alpha value is -1.33. The maximum absolute atomic E-state index is 10.3. The number of nitrogens with zero attached hydrogens (tertiary/aromatic N) is 1. The van der Waals surface area contributed by atoms with Crippen molar-refractivity contribution in [2.75, 3.05) is 0 Å². The monoisotopic (exact) mass is 273 g/mol. The van der Waals surface area contributed by atoms with Crippen LogP contribution >= 0.6 is 0 Å². The number of aliphatic hydroxyl groups excluding tert-OH is 1. The highest BCUT2D eigenvalue weighted by Crippen LogP contribution is 2.38. The molecule has 110 valence electrons. The zero-order valence-electron chi connectivity index (χ0n) is 13.4. The standard InChI is InChI=1S/C18H27NO/c1-14(2)18(13-19,15-9-7-6-8-10-15)12-11-16(20)17(3,4)5/h6-10,14,16,20H,11-12H2,1-5H3/t16-,18-/m0/s1. The Labute approximate surface area is 123 Å². The van der Waals surface area contributed by atoms with E-state index in [1.54, 1.807) is 0 Å². The number of aliphatic hydroxyl groups is 1. The molecule has 1 aromatic carbocycles. The minimum Gasteiger partial charge on any atom is -0.393 e. The van der Waals surface area contributed by atoms with Crippen LogP contribution in [0.15, 0.2) is 30.3 Å². The van der Waals surface area contributed by atoms with Crippen LogP contribution in [0.1, 0.15) is 53.0 Å². The number of rotatable bonds is 5. The third-order valence-electron chi connectivity index (χ3n) is 4.29. The van der Waals surface area contributed by atoms with Gasteiger partial charge in [0, 0.05) is 0 Å². The van der Waals surface area contributed by atoms with Crippen molar-refractivity contribution in [3.8, 4) is 6.07 Å². The van der Waals surface area contributed by atoms with Crippen LogP contribution in [0.4, 0.5) is 0 Å². The van der Waals surface area contributed by atoms with Gasteiger partial charge in [0.05, 0.1) is 17.6 Å². The second kappa shape index (κ2) is 6.41. The van der Waals surface area contributed by atoms with E-state index in [4.69, 9.17) is 0 Å². The Balaban J connectivity index is 3.01. The number of benzene rings is 1. The third-order valence-corrected chi connectivity index (χ3v) is 4.29. The van der Waals surface area contributed by atoms with Gasteiger partial charge >= 0.3 is 0 Å². The normalized spacial score (nSPS) is 16.5. The van der Waals surface area contributed by atoms with Crippen molar-refractivity contribution in [2.24, 2.45) is 11.3 Å². The van der Waals surface area contributed by atoms with Crippen molar-refractivity contribution in [3.05, 3.63) is 35.9 Å². The van der Waals surface area contributed by atoms with Crippen LogP contribution in [0, 0.1) is 22.7 Å². The molecular weight excluding hydrogens is 246 g/mol. The molecule has 1 rings (SSSR count). The second-order valence-electron chi connectivity index (χ2n) is 7.02. The lowest BCUT2D eigenvalue weighted by atomic mass is 9.68. The van der Waals surface area contributed by atoms with Gasteiger partial charge < -0.3 is 5.11 Å². The van der Waals surface area contributed by atoms with Gasteiger partial charge in [0.25, 0.3) is 0 Å². The summed E-state index contributed by atoms with van der Waals surface area (Å²) in [5.41, 5.74) is 0.390. The molecule has 1 aromatic rings. The van der Waals surface area contributed by atoms with E-state index < -0.39 is 11.5 Å². The summed E-state index contributed by atoms with van der Waals surface area (Å²) >= 11 is 0. The summed E-state index contributed by atoms with van der Waals surface area (Å²) in [7, 11) is 0. The minimum absolute atomic E-state index is 0.144. The van der Waals surface area contributed by atoms with E-state index in [9.17, 15) is 10.4 Å². The van der Waals surface area contributed by atoms with Gasteiger partial charge in [-0.3, -0.25) is 0 Å². The van der Waals surface area contributed by atoms with Crippen LogP contribution in [0.3, 0.4) is 0 Å². The highest BCUT2D eigenvalue weighted by molar-refractivity contribution is 5.33. The summed E-state index contributed by atoms with van der Waals surface area (Å²) < 4.78 is 0. The highest BCUT2D eigenvalue weighted by atomic mass is 16.3. The summed E-state index contributed by atoms with van der Waals surface area (Å²) in [5, 5.41) is 20.0. The first-order valence-corrected chi connectivity index (χ1v) is 7.39. The molecular formula is C18H27NO. The van der Waals surface area contributed by atoms with E-state index in [0.717, 1.165) is 5.56 Å². The number of hydrogen-bond acceptors (Lipinski definition) is 2. The molecule has 0 heterocycles. The minimum atomic E-state index is -0.520. The van der Waals surface area contributed by atoms with Crippen molar-refractivity contribution < 1.29 is 5.11 Å². The van der Waals surface area contributed by atoms with Crippen LogP contribution < -0.4 is 0 Å². The van der Waals surface area contributed by atoms with Crippen LogP contribution in [-0.2, 0) is 5.41 Å². The van der Waals surface area contributed by atoms with Crippen LogP contribution in [0.2, 0.25) is 0 Å². The molecule has 0 radical (unpaired) electrons. The van der Waals surface area contributed by atoms with Gasteiger partial charge in [0.15, 0.2) is 0 Å². The molecule has 0 bridgehead atoms. The van der Waals surface area contributed by atoms with Crippen molar-refractivity contribution in [1.29, 1.82) is 5.26 Å². The Morgan fingerprint density at radius 3 is 2.10 bits per heavy atom. The molecule has 0 fully saturated rings. The smallest absolute Gasteiger partial charge is 0.0846 e. The lowest BCUT2D eigenvalue weighted by Crippen LogP contribution is -2.34. The Morgan fingerprint density at radius 2 is 1.70 bits per heavy atom. The molecule has 2 heteroatoms. The molecule has 1 N–H and O–H groups in total. The predicted molar refractivity (Wildman–Crippen MR) is 83.3 cm³/mol. The predicted octanol–water partition coefficient (Wildman–Crippen LogP) is 4.29.